The van der Waals surface area contributed by atoms with Gasteiger partial charge in [0.2, 0.25) is 0 Å². The zero-order valence-corrected chi connectivity index (χ0v) is 16.8. The van der Waals surface area contributed by atoms with Gasteiger partial charge in [0, 0.05) is 6.42 Å². The molecule has 0 aromatic heterocycles. The molecule has 0 N–H and O–H groups in total. The number of hydrogen-bond donors (Lipinski definition) is 0. The summed E-state index contributed by atoms with van der Waals surface area (Å²) in [4.78, 5) is 0.251. The van der Waals surface area contributed by atoms with Crippen LogP contribution in [0.2, 0.25) is 0 Å². The molecule has 4 rings (SSSR count). The Labute approximate surface area is 162 Å². The molecule has 4 heteroatoms. The van der Waals surface area contributed by atoms with Crippen LogP contribution in [0, 0.1) is 12.8 Å². The van der Waals surface area contributed by atoms with Gasteiger partial charge in [0.05, 0.1) is 11.0 Å². The third-order valence-electron chi connectivity index (χ3n) is 6.21. The van der Waals surface area contributed by atoms with Gasteiger partial charge in [-0.2, -0.15) is 8.42 Å². The zero-order chi connectivity index (χ0) is 18.9. The summed E-state index contributed by atoms with van der Waals surface area (Å²) >= 11 is 0. The fourth-order valence-corrected chi connectivity index (χ4v) is 5.90. The van der Waals surface area contributed by atoms with E-state index in [1.807, 2.05) is 25.1 Å². The van der Waals surface area contributed by atoms with Gasteiger partial charge in [0.15, 0.2) is 0 Å². The van der Waals surface area contributed by atoms with Crippen LogP contribution in [0.25, 0.3) is 0 Å². The van der Waals surface area contributed by atoms with Gasteiger partial charge in [-0.3, -0.25) is 4.18 Å². The molecule has 0 amide bonds. The monoisotopic (exact) mass is 384 g/mol. The van der Waals surface area contributed by atoms with Crippen LogP contribution in [0.4, 0.5) is 0 Å². The van der Waals surface area contributed by atoms with Gasteiger partial charge in [0.1, 0.15) is 0 Å². The van der Waals surface area contributed by atoms with Crippen LogP contribution in [0.1, 0.15) is 61.1 Å². The van der Waals surface area contributed by atoms with Crippen molar-refractivity contribution in [2.45, 2.75) is 68.8 Å². The van der Waals surface area contributed by atoms with Crippen LogP contribution in [0.5, 0.6) is 0 Å². The summed E-state index contributed by atoms with van der Waals surface area (Å²) in [7, 11) is -3.73. The molecule has 0 saturated heterocycles. The van der Waals surface area contributed by atoms with Gasteiger partial charge in [-0.05, 0) is 61.3 Å². The highest BCUT2D eigenvalue weighted by Gasteiger charge is 2.35. The first-order valence-corrected chi connectivity index (χ1v) is 11.5. The standard InChI is InChI=1S/C23H28O3S/c1-17-11-13-21(14-12-17)27(24,25)26-20-15-19-9-5-6-10-22(19)23(16-20)18-7-3-2-4-8-18/h5-6,9-14,18,20,23H,2-4,7-8,15-16H2,1H3/t20-,23+/m0/s1. The predicted octanol–water partition coefficient (Wildman–Crippen LogP) is 5.38. The lowest BCUT2D eigenvalue weighted by molar-refractivity contribution is 0.153. The summed E-state index contributed by atoms with van der Waals surface area (Å²) < 4.78 is 31.3. The maximum atomic E-state index is 12.8. The highest BCUT2D eigenvalue weighted by atomic mass is 32.2. The number of hydrogen-bond acceptors (Lipinski definition) is 3. The van der Waals surface area contributed by atoms with Crippen LogP contribution in [-0.2, 0) is 20.7 Å². The van der Waals surface area contributed by atoms with Crippen molar-refractivity contribution < 1.29 is 12.6 Å². The highest BCUT2D eigenvalue weighted by molar-refractivity contribution is 7.86. The Morgan fingerprint density at radius 3 is 2.37 bits per heavy atom. The molecule has 144 valence electrons. The third kappa shape index (κ3) is 4.12. The largest absolute Gasteiger partial charge is 0.297 e. The number of aryl methyl sites for hydroxylation is 1. The molecule has 2 aromatic rings. The van der Waals surface area contributed by atoms with Crippen LogP contribution < -0.4 is 0 Å². The van der Waals surface area contributed by atoms with Crippen molar-refractivity contribution in [1.29, 1.82) is 0 Å². The summed E-state index contributed by atoms with van der Waals surface area (Å²) in [6.45, 7) is 1.95. The number of fused-ring (bicyclic) bond motifs is 1. The SMILES string of the molecule is Cc1ccc(S(=O)(=O)O[C@H]2Cc3ccccc3[C@@H](C3CCCCC3)C2)cc1. The lowest BCUT2D eigenvalue weighted by Gasteiger charge is -2.37. The van der Waals surface area contributed by atoms with E-state index in [9.17, 15) is 8.42 Å². The fraction of sp³-hybridized carbons (Fsp3) is 0.478. The van der Waals surface area contributed by atoms with Gasteiger partial charge >= 0.3 is 0 Å². The average Bonchev–Trinajstić information content (AvgIpc) is 2.68. The van der Waals surface area contributed by atoms with Crippen molar-refractivity contribution >= 4 is 10.1 Å². The average molecular weight is 385 g/mol. The molecular weight excluding hydrogens is 356 g/mol. The molecule has 27 heavy (non-hydrogen) atoms. The van der Waals surface area contributed by atoms with Gasteiger partial charge < -0.3 is 0 Å². The second-order valence-corrected chi connectivity index (χ2v) is 9.70. The summed E-state index contributed by atoms with van der Waals surface area (Å²) in [6, 6.07) is 15.4. The molecule has 0 unspecified atom stereocenters. The molecule has 0 aliphatic heterocycles. The normalized spacial score (nSPS) is 23.7. The smallest absolute Gasteiger partial charge is 0.263 e. The molecule has 0 spiro atoms. The van der Waals surface area contributed by atoms with Crippen LogP contribution >= 0.6 is 0 Å². The van der Waals surface area contributed by atoms with Crippen LogP contribution in [-0.4, -0.2) is 14.5 Å². The predicted molar refractivity (Wildman–Crippen MR) is 107 cm³/mol. The Morgan fingerprint density at radius 2 is 1.63 bits per heavy atom. The summed E-state index contributed by atoms with van der Waals surface area (Å²) in [5.41, 5.74) is 3.71. The highest BCUT2D eigenvalue weighted by Crippen LogP contribution is 2.44. The maximum absolute atomic E-state index is 12.8. The molecule has 3 nitrogen and oxygen atoms in total. The minimum atomic E-state index is -3.73. The Bertz CT molecular complexity index is 880. The summed E-state index contributed by atoms with van der Waals surface area (Å²) in [6.07, 6.45) is 7.59. The van der Waals surface area contributed by atoms with Crippen molar-refractivity contribution in [3.8, 4) is 0 Å². The second-order valence-electron chi connectivity index (χ2n) is 8.13. The number of rotatable bonds is 4. The van der Waals surface area contributed by atoms with E-state index in [-0.39, 0.29) is 11.0 Å². The molecule has 0 heterocycles. The van der Waals surface area contributed by atoms with Crippen molar-refractivity contribution in [2.75, 3.05) is 0 Å². The Morgan fingerprint density at radius 1 is 0.926 bits per heavy atom. The van der Waals surface area contributed by atoms with Gasteiger partial charge in [0.25, 0.3) is 10.1 Å². The molecular formula is C23H28O3S. The maximum Gasteiger partial charge on any atom is 0.297 e. The van der Waals surface area contributed by atoms with E-state index in [0.29, 0.717) is 18.3 Å². The van der Waals surface area contributed by atoms with Crippen molar-refractivity contribution in [1.82, 2.24) is 0 Å². The third-order valence-corrected chi connectivity index (χ3v) is 7.59. The first kappa shape index (κ1) is 18.7. The Kier molecular flexibility index (Phi) is 5.38. The summed E-state index contributed by atoms with van der Waals surface area (Å²) in [5.74, 6) is 1.06. The van der Waals surface area contributed by atoms with E-state index in [2.05, 4.69) is 18.2 Å². The van der Waals surface area contributed by atoms with E-state index >= 15 is 0 Å². The first-order chi connectivity index (χ1) is 13.0. The molecule has 0 bridgehead atoms. The molecule has 1 fully saturated rings. The van der Waals surface area contributed by atoms with Gasteiger partial charge in [-0.15, -0.1) is 0 Å². The minimum Gasteiger partial charge on any atom is -0.263 e. The Hall–Kier alpha value is -1.65. The zero-order valence-electron chi connectivity index (χ0n) is 15.9. The van der Waals surface area contributed by atoms with Gasteiger partial charge in [-0.1, -0.05) is 61.2 Å². The van der Waals surface area contributed by atoms with E-state index in [1.54, 1.807) is 12.1 Å². The molecule has 2 atom stereocenters. The summed E-state index contributed by atoms with van der Waals surface area (Å²) in [5, 5.41) is 0. The van der Waals surface area contributed by atoms with Crippen LogP contribution in [0.15, 0.2) is 53.4 Å². The van der Waals surface area contributed by atoms with Crippen LogP contribution in [0.3, 0.4) is 0 Å². The van der Waals surface area contributed by atoms with Crippen molar-refractivity contribution in [3.05, 3.63) is 65.2 Å². The van der Waals surface area contributed by atoms with Crippen molar-refractivity contribution in [3.63, 3.8) is 0 Å². The second kappa shape index (κ2) is 7.76. The topological polar surface area (TPSA) is 43.4 Å². The quantitative estimate of drug-likeness (QED) is 0.665. The molecule has 0 radical (unpaired) electrons. The minimum absolute atomic E-state index is 0.251. The fourth-order valence-electron chi connectivity index (χ4n) is 4.82. The molecule has 1 saturated carbocycles. The van der Waals surface area contributed by atoms with E-state index < -0.39 is 10.1 Å². The lowest BCUT2D eigenvalue weighted by Crippen LogP contribution is -2.31. The van der Waals surface area contributed by atoms with E-state index in [4.69, 9.17) is 4.18 Å². The number of benzene rings is 2. The molecule has 2 aliphatic carbocycles. The lowest BCUT2D eigenvalue weighted by atomic mass is 9.70. The molecule has 2 aliphatic rings. The molecule has 2 aromatic carbocycles. The van der Waals surface area contributed by atoms with Crippen molar-refractivity contribution in [2.24, 2.45) is 5.92 Å². The van der Waals surface area contributed by atoms with E-state index in [1.165, 1.54) is 43.2 Å². The first-order valence-electron chi connectivity index (χ1n) is 10.1. The van der Waals surface area contributed by atoms with E-state index in [0.717, 1.165) is 12.0 Å². The van der Waals surface area contributed by atoms with Gasteiger partial charge in [-0.25, -0.2) is 0 Å². The Balaban J connectivity index is 1.58.